The SMILES string of the molecule is COc1ccc(C)c2c1OC1C(OC(=O)N(C)CCN)=CCC3[C@@H](C)N(C)CC[C@]213. The van der Waals surface area contributed by atoms with Crippen molar-refractivity contribution in [2.75, 3.05) is 40.8 Å². The summed E-state index contributed by atoms with van der Waals surface area (Å²) in [6, 6.07) is 4.45. The van der Waals surface area contributed by atoms with Crippen molar-refractivity contribution in [1.82, 2.24) is 9.80 Å². The van der Waals surface area contributed by atoms with Gasteiger partial charge in [0.1, 0.15) is 5.76 Å². The van der Waals surface area contributed by atoms with Crippen molar-refractivity contribution in [2.24, 2.45) is 11.7 Å². The van der Waals surface area contributed by atoms with E-state index in [4.69, 9.17) is 19.9 Å². The molecule has 0 bridgehead atoms. The summed E-state index contributed by atoms with van der Waals surface area (Å²) in [7, 11) is 5.55. The highest BCUT2D eigenvalue weighted by Gasteiger charge is 2.62. The number of carbonyl (C=O) groups excluding carboxylic acids is 1. The van der Waals surface area contributed by atoms with E-state index in [1.807, 2.05) is 12.1 Å². The Morgan fingerprint density at radius 3 is 2.90 bits per heavy atom. The van der Waals surface area contributed by atoms with Gasteiger partial charge < -0.3 is 29.7 Å². The van der Waals surface area contributed by atoms with E-state index < -0.39 is 6.09 Å². The highest BCUT2D eigenvalue weighted by atomic mass is 16.6. The third kappa shape index (κ3) is 2.98. The van der Waals surface area contributed by atoms with E-state index in [1.54, 1.807) is 14.2 Å². The Bertz CT molecular complexity index is 870. The van der Waals surface area contributed by atoms with Crippen molar-refractivity contribution < 1.29 is 19.0 Å². The number of hydrogen-bond donors (Lipinski definition) is 1. The molecule has 1 spiro atoms. The van der Waals surface area contributed by atoms with E-state index >= 15 is 0 Å². The van der Waals surface area contributed by atoms with Gasteiger partial charge in [-0.2, -0.15) is 0 Å². The Balaban J connectivity index is 1.80. The minimum atomic E-state index is -0.399. The number of ether oxygens (including phenoxy) is 3. The summed E-state index contributed by atoms with van der Waals surface area (Å²) in [6.45, 7) is 6.22. The van der Waals surface area contributed by atoms with Crippen LogP contribution >= 0.6 is 0 Å². The molecule has 0 saturated carbocycles. The van der Waals surface area contributed by atoms with Gasteiger partial charge in [-0.25, -0.2) is 4.79 Å². The molecule has 2 unspecified atom stereocenters. The van der Waals surface area contributed by atoms with Crippen molar-refractivity contribution in [3.05, 3.63) is 35.1 Å². The molecule has 3 aliphatic rings. The normalized spacial score (nSPS) is 29.8. The Labute approximate surface area is 178 Å². The fourth-order valence-electron chi connectivity index (χ4n) is 5.62. The number of amides is 1. The summed E-state index contributed by atoms with van der Waals surface area (Å²) in [5.41, 5.74) is 7.77. The van der Waals surface area contributed by atoms with Gasteiger partial charge in [-0.05, 0) is 63.9 Å². The Kier molecular flexibility index (Phi) is 5.45. The smallest absolute Gasteiger partial charge is 0.414 e. The second-order valence-corrected chi connectivity index (χ2v) is 8.83. The van der Waals surface area contributed by atoms with Crippen LogP contribution in [0.4, 0.5) is 4.79 Å². The summed E-state index contributed by atoms with van der Waals surface area (Å²) < 4.78 is 18.1. The predicted molar refractivity (Wildman–Crippen MR) is 115 cm³/mol. The Hall–Kier alpha value is -2.25. The predicted octanol–water partition coefficient (Wildman–Crippen LogP) is 2.66. The number of aryl methyl sites for hydroxylation is 1. The van der Waals surface area contributed by atoms with Crippen molar-refractivity contribution in [3.8, 4) is 11.5 Å². The van der Waals surface area contributed by atoms with Crippen LogP contribution < -0.4 is 15.2 Å². The average molecular weight is 416 g/mol. The first-order valence-electron chi connectivity index (χ1n) is 10.7. The van der Waals surface area contributed by atoms with E-state index in [9.17, 15) is 4.79 Å². The average Bonchev–Trinajstić information content (AvgIpc) is 3.08. The largest absolute Gasteiger partial charge is 0.493 e. The van der Waals surface area contributed by atoms with Gasteiger partial charge in [0.15, 0.2) is 17.6 Å². The molecule has 1 amide bonds. The molecule has 7 nitrogen and oxygen atoms in total. The van der Waals surface area contributed by atoms with Crippen LogP contribution in [0, 0.1) is 12.8 Å². The van der Waals surface area contributed by atoms with Crippen LogP contribution in [-0.4, -0.2) is 68.9 Å². The van der Waals surface area contributed by atoms with E-state index in [0.717, 1.165) is 30.9 Å². The standard InChI is InChI=1S/C23H33N3O4/c1-14-6-8-17(28-5)20-19(14)23-10-12-25(3)15(2)16(23)7-9-18(21(23)30-20)29-22(27)26(4)13-11-24/h6,8-9,15-16,21H,7,10-13,24H2,1-5H3/t15-,16?,21?,23+/m1/s1. The van der Waals surface area contributed by atoms with Crippen molar-refractivity contribution in [1.29, 1.82) is 0 Å². The number of benzene rings is 1. The van der Waals surface area contributed by atoms with Crippen LogP contribution in [0.3, 0.4) is 0 Å². The summed E-state index contributed by atoms with van der Waals surface area (Å²) >= 11 is 0. The molecular weight excluding hydrogens is 382 g/mol. The van der Waals surface area contributed by atoms with Crippen molar-refractivity contribution in [2.45, 2.75) is 44.2 Å². The minimum Gasteiger partial charge on any atom is -0.493 e. The number of piperidine rings is 1. The molecule has 1 aliphatic carbocycles. The molecule has 1 aromatic rings. The first kappa shape index (κ1) is 21.0. The summed E-state index contributed by atoms with van der Waals surface area (Å²) in [5.74, 6) is 2.49. The molecule has 30 heavy (non-hydrogen) atoms. The minimum absolute atomic E-state index is 0.239. The number of likely N-dealkylation sites (tertiary alicyclic amines) is 1. The molecule has 0 radical (unpaired) electrons. The lowest BCUT2D eigenvalue weighted by molar-refractivity contribution is -0.0136. The molecule has 2 aliphatic heterocycles. The number of nitrogens with zero attached hydrogens (tertiary/aromatic N) is 2. The Morgan fingerprint density at radius 1 is 1.43 bits per heavy atom. The van der Waals surface area contributed by atoms with Crippen LogP contribution in [-0.2, 0) is 10.2 Å². The second-order valence-electron chi connectivity index (χ2n) is 8.83. The number of likely N-dealkylation sites (N-methyl/N-ethyl adjacent to an activating group) is 1. The molecule has 1 aromatic carbocycles. The number of hydrogen-bond acceptors (Lipinski definition) is 6. The van der Waals surface area contributed by atoms with Crippen LogP contribution in [0.25, 0.3) is 0 Å². The number of allylic oxidation sites excluding steroid dienone is 1. The quantitative estimate of drug-likeness (QED) is 0.815. The van der Waals surface area contributed by atoms with Gasteiger partial charge in [0.05, 0.1) is 7.11 Å². The monoisotopic (exact) mass is 415 g/mol. The van der Waals surface area contributed by atoms with E-state index in [0.29, 0.717) is 30.8 Å². The van der Waals surface area contributed by atoms with E-state index in [2.05, 4.69) is 31.9 Å². The molecule has 7 heteroatoms. The molecule has 4 atom stereocenters. The van der Waals surface area contributed by atoms with Gasteiger partial charge in [-0.3, -0.25) is 0 Å². The third-order valence-electron chi connectivity index (χ3n) is 7.35. The van der Waals surface area contributed by atoms with Crippen LogP contribution in [0.2, 0.25) is 0 Å². The zero-order valence-corrected chi connectivity index (χ0v) is 18.6. The summed E-state index contributed by atoms with van der Waals surface area (Å²) in [6.07, 6.45) is 3.09. The highest BCUT2D eigenvalue weighted by molar-refractivity contribution is 5.69. The molecule has 2 heterocycles. The number of methoxy groups -OCH3 is 1. The number of carbonyl (C=O) groups is 1. The zero-order chi connectivity index (χ0) is 21.6. The number of fused-ring (bicyclic) bond motifs is 1. The van der Waals surface area contributed by atoms with Gasteiger partial charge in [-0.15, -0.1) is 0 Å². The van der Waals surface area contributed by atoms with Crippen molar-refractivity contribution in [3.63, 3.8) is 0 Å². The molecule has 1 fully saturated rings. The highest BCUT2D eigenvalue weighted by Crippen LogP contribution is 2.61. The van der Waals surface area contributed by atoms with Gasteiger partial charge in [0, 0.05) is 37.2 Å². The fraction of sp³-hybridized carbons (Fsp3) is 0.609. The molecule has 2 N–H and O–H groups in total. The maximum Gasteiger partial charge on any atom is 0.414 e. The topological polar surface area (TPSA) is 77.3 Å². The van der Waals surface area contributed by atoms with Gasteiger partial charge >= 0.3 is 6.09 Å². The molecule has 1 saturated heterocycles. The fourth-order valence-corrected chi connectivity index (χ4v) is 5.62. The second kappa shape index (κ2) is 7.78. The Morgan fingerprint density at radius 2 is 2.20 bits per heavy atom. The lowest BCUT2D eigenvalue weighted by Gasteiger charge is -2.53. The van der Waals surface area contributed by atoms with Crippen molar-refractivity contribution >= 4 is 6.09 Å². The number of rotatable bonds is 4. The lowest BCUT2D eigenvalue weighted by Crippen LogP contribution is -2.60. The number of nitrogens with two attached hydrogens (primary N) is 1. The summed E-state index contributed by atoms with van der Waals surface area (Å²) in [5, 5.41) is 0. The molecule has 164 valence electrons. The molecule has 4 rings (SSSR count). The molecular formula is C23H33N3O4. The summed E-state index contributed by atoms with van der Waals surface area (Å²) in [4.78, 5) is 16.6. The van der Waals surface area contributed by atoms with E-state index in [-0.39, 0.29) is 11.5 Å². The van der Waals surface area contributed by atoms with Gasteiger partial charge in [0.25, 0.3) is 0 Å². The van der Waals surface area contributed by atoms with Gasteiger partial charge in [0.2, 0.25) is 0 Å². The van der Waals surface area contributed by atoms with Crippen LogP contribution in [0.5, 0.6) is 11.5 Å². The first-order valence-corrected chi connectivity index (χ1v) is 10.7. The third-order valence-corrected chi connectivity index (χ3v) is 7.35. The van der Waals surface area contributed by atoms with E-state index in [1.165, 1.54) is 16.0 Å². The zero-order valence-electron chi connectivity index (χ0n) is 18.6. The van der Waals surface area contributed by atoms with Crippen LogP contribution in [0.15, 0.2) is 24.0 Å². The maximum absolute atomic E-state index is 12.6. The lowest BCUT2D eigenvalue weighted by atomic mass is 9.57. The maximum atomic E-state index is 12.6. The van der Waals surface area contributed by atoms with Gasteiger partial charge in [-0.1, -0.05) is 6.07 Å². The first-order chi connectivity index (χ1) is 14.3. The molecule has 0 aromatic heterocycles. The van der Waals surface area contributed by atoms with Crippen LogP contribution in [0.1, 0.15) is 30.9 Å².